The van der Waals surface area contributed by atoms with E-state index in [9.17, 15) is 4.79 Å². The normalized spacial score (nSPS) is 11.6. The summed E-state index contributed by atoms with van der Waals surface area (Å²) in [5.74, 6) is 0.564. The Kier molecular flexibility index (Phi) is 5.58. The topological polar surface area (TPSA) is 41.1 Å². The lowest BCUT2D eigenvalue weighted by Crippen LogP contribution is -2.42. The monoisotopic (exact) mass is 200 g/mol. The molecule has 0 rings (SSSR count). The molecule has 0 aromatic carbocycles. The van der Waals surface area contributed by atoms with Gasteiger partial charge in [0, 0.05) is 13.1 Å². The van der Waals surface area contributed by atoms with Crippen LogP contribution in [0.3, 0.4) is 0 Å². The molecule has 0 saturated carbocycles. The fourth-order valence-corrected chi connectivity index (χ4v) is 0.813. The summed E-state index contributed by atoms with van der Waals surface area (Å²) in [6.45, 7) is 12.2. The Hall–Kier alpha value is -0.730. The summed E-state index contributed by atoms with van der Waals surface area (Å²) >= 11 is 0. The predicted octanol–water partition coefficient (Wildman–Crippen LogP) is 2.38. The van der Waals surface area contributed by atoms with Gasteiger partial charge in [-0.25, -0.2) is 4.79 Å². The number of rotatable bonds is 5. The molecule has 0 heterocycles. The van der Waals surface area contributed by atoms with Crippen molar-refractivity contribution in [3.63, 3.8) is 0 Å². The maximum absolute atomic E-state index is 11.2. The van der Waals surface area contributed by atoms with Crippen molar-refractivity contribution >= 4 is 6.03 Å². The number of urea groups is 1. The summed E-state index contributed by atoms with van der Waals surface area (Å²) in [5, 5.41) is 5.68. The Morgan fingerprint density at radius 2 is 1.86 bits per heavy atom. The number of hydrogen-bond acceptors (Lipinski definition) is 1. The number of carbonyl (C=O) groups is 1. The summed E-state index contributed by atoms with van der Waals surface area (Å²) in [6, 6.07) is -0.0550. The molecule has 0 aromatic heterocycles. The molecule has 0 bridgehead atoms. The zero-order chi connectivity index (χ0) is 11.2. The van der Waals surface area contributed by atoms with Crippen LogP contribution in [0.5, 0.6) is 0 Å². The lowest BCUT2D eigenvalue weighted by molar-refractivity contribution is 0.216. The Labute approximate surface area is 87.6 Å². The van der Waals surface area contributed by atoms with Crippen LogP contribution >= 0.6 is 0 Å². The number of carbonyl (C=O) groups excluding carboxylic acids is 1. The van der Waals surface area contributed by atoms with Crippen LogP contribution in [0, 0.1) is 11.3 Å². The third-order valence-corrected chi connectivity index (χ3v) is 2.80. The molecule has 84 valence electrons. The van der Waals surface area contributed by atoms with Gasteiger partial charge in [0.2, 0.25) is 0 Å². The third kappa shape index (κ3) is 5.10. The van der Waals surface area contributed by atoms with E-state index >= 15 is 0 Å². The highest BCUT2D eigenvalue weighted by atomic mass is 16.2. The fourth-order valence-electron chi connectivity index (χ4n) is 0.813. The Morgan fingerprint density at radius 3 is 2.29 bits per heavy atom. The molecule has 0 aliphatic heterocycles. The number of amides is 2. The van der Waals surface area contributed by atoms with Crippen LogP contribution in [0.2, 0.25) is 0 Å². The minimum Gasteiger partial charge on any atom is -0.338 e. The smallest absolute Gasteiger partial charge is 0.314 e. The third-order valence-electron chi connectivity index (χ3n) is 2.80. The van der Waals surface area contributed by atoms with Crippen LogP contribution in [-0.2, 0) is 0 Å². The number of nitrogens with one attached hydrogen (secondary N) is 2. The highest BCUT2D eigenvalue weighted by Gasteiger charge is 2.22. The first-order valence-corrected chi connectivity index (χ1v) is 5.42. The Balaban J connectivity index is 3.76. The summed E-state index contributed by atoms with van der Waals surface area (Å²) in [5.41, 5.74) is 0.156. The molecule has 3 nitrogen and oxygen atoms in total. The van der Waals surface area contributed by atoms with Crippen molar-refractivity contribution in [2.45, 2.75) is 41.0 Å². The second-order valence-electron chi connectivity index (χ2n) is 4.75. The largest absolute Gasteiger partial charge is 0.338 e. The first-order chi connectivity index (χ1) is 6.40. The molecule has 2 N–H and O–H groups in total. The van der Waals surface area contributed by atoms with Crippen LogP contribution in [0.15, 0.2) is 0 Å². The molecular formula is C11H24N2O. The molecule has 0 radical (unpaired) electrons. The molecule has 2 amide bonds. The zero-order valence-corrected chi connectivity index (χ0v) is 10.1. The van der Waals surface area contributed by atoms with Crippen molar-refractivity contribution < 1.29 is 4.79 Å². The molecule has 0 aliphatic carbocycles. The molecule has 0 atom stereocenters. The maximum atomic E-state index is 11.2. The molecule has 0 fully saturated rings. The fraction of sp³-hybridized carbons (Fsp3) is 0.909. The van der Waals surface area contributed by atoms with Gasteiger partial charge in [-0.2, -0.15) is 0 Å². The molecule has 3 heteroatoms. The van der Waals surface area contributed by atoms with Crippen molar-refractivity contribution in [3.05, 3.63) is 0 Å². The van der Waals surface area contributed by atoms with Crippen LogP contribution in [0.25, 0.3) is 0 Å². The van der Waals surface area contributed by atoms with Gasteiger partial charge >= 0.3 is 6.03 Å². The minimum atomic E-state index is -0.0550. The van der Waals surface area contributed by atoms with Crippen LogP contribution < -0.4 is 10.6 Å². The van der Waals surface area contributed by atoms with Gasteiger partial charge in [0.05, 0.1) is 0 Å². The molecule has 0 aromatic rings. The van der Waals surface area contributed by atoms with Gasteiger partial charge in [0.15, 0.2) is 0 Å². The number of hydrogen-bond donors (Lipinski definition) is 2. The summed E-state index contributed by atoms with van der Waals surface area (Å²) in [6.07, 6.45) is 0.973. The quantitative estimate of drug-likeness (QED) is 0.703. The average molecular weight is 200 g/mol. The zero-order valence-electron chi connectivity index (χ0n) is 10.1. The molecule has 0 spiro atoms. The summed E-state index contributed by atoms with van der Waals surface area (Å²) in [4.78, 5) is 11.2. The molecule has 14 heavy (non-hydrogen) atoms. The summed E-state index contributed by atoms with van der Waals surface area (Å²) in [7, 11) is 0. The lowest BCUT2D eigenvalue weighted by atomic mass is 9.81. The van der Waals surface area contributed by atoms with Gasteiger partial charge in [0.25, 0.3) is 0 Å². The van der Waals surface area contributed by atoms with E-state index in [0.717, 1.165) is 19.5 Å². The van der Waals surface area contributed by atoms with E-state index in [1.54, 1.807) is 0 Å². The van der Waals surface area contributed by atoms with E-state index in [-0.39, 0.29) is 11.4 Å². The van der Waals surface area contributed by atoms with Crippen molar-refractivity contribution in [3.8, 4) is 0 Å². The SMILES string of the molecule is CCCNC(=O)NCC(C)(C)C(C)C. The van der Waals surface area contributed by atoms with Crippen molar-refractivity contribution in [1.29, 1.82) is 0 Å². The van der Waals surface area contributed by atoms with E-state index < -0.39 is 0 Å². The van der Waals surface area contributed by atoms with Gasteiger partial charge in [0.1, 0.15) is 0 Å². The van der Waals surface area contributed by atoms with E-state index in [0.29, 0.717) is 5.92 Å². The van der Waals surface area contributed by atoms with E-state index in [1.807, 2.05) is 6.92 Å². The van der Waals surface area contributed by atoms with Gasteiger partial charge in [-0.05, 0) is 17.8 Å². The molecular weight excluding hydrogens is 176 g/mol. The van der Waals surface area contributed by atoms with Crippen LogP contribution in [-0.4, -0.2) is 19.1 Å². The molecule has 0 unspecified atom stereocenters. The standard InChI is InChI=1S/C11H24N2O/c1-6-7-12-10(14)13-8-11(4,5)9(2)3/h9H,6-8H2,1-5H3,(H2,12,13,14). The van der Waals surface area contributed by atoms with Crippen molar-refractivity contribution in [1.82, 2.24) is 10.6 Å². The van der Waals surface area contributed by atoms with E-state index in [4.69, 9.17) is 0 Å². The average Bonchev–Trinajstić information content (AvgIpc) is 2.11. The van der Waals surface area contributed by atoms with Crippen LogP contribution in [0.1, 0.15) is 41.0 Å². The molecule has 0 aliphatic rings. The summed E-state index contributed by atoms with van der Waals surface area (Å²) < 4.78 is 0. The van der Waals surface area contributed by atoms with Gasteiger partial charge in [-0.1, -0.05) is 34.6 Å². The predicted molar refractivity (Wildman–Crippen MR) is 60.3 cm³/mol. The van der Waals surface area contributed by atoms with E-state index in [1.165, 1.54) is 0 Å². The first kappa shape index (κ1) is 13.3. The Bertz CT molecular complexity index is 176. The highest BCUT2D eigenvalue weighted by Crippen LogP contribution is 2.24. The lowest BCUT2D eigenvalue weighted by Gasteiger charge is -2.29. The van der Waals surface area contributed by atoms with Gasteiger partial charge in [-0.3, -0.25) is 0 Å². The first-order valence-electron chi connectivity index (χ1n) is 5.42. The maximum Gasteiger partial charge on any atom is 0.314 e. The highest BCUT2D eigenvalue weighted by molar-refractivity contribution is 5.73. The van der Waals surface area contributed by atoms with Gasteiger partial charge in [-0.15, -0.1) is 0 Å². The molecule has 0 saturated heterocycles. The van der Waals surface area contributed by atoms with E-state index in [2.05, 4.69) is 38.3 Å². The van der Waals surface area contributed by atoms with Crippen molar-refractivity contribution in [2.75, 3.05) is 13.1 Å². The second kappa shape index (κ2) is 5.89. The van der Waals surface area contributed by atoms with Gasteiger partial charge < -0.3 is 10.6 Å². The second-order valence-corrected chi connectivity index (χ2v) is 4.75. The Morgan fingerprint density at radius 1 is 1.29 bits per heavy atom. The van der Waals surface area contributed by atoms with Crippen molar-refractivity contribution in [2.24, 2.45) is 11.3 Å². The minimum absolute atomic E-state index is 0.0550. The van der Waals surface area contributed by atoms with Crippen LogP contribution in [0.4, 0.5) is 4.79 Å².